The molecule has 0 unspecified atom stereocenters. The number of anilines is 1. The van der Waals surface area contributed by atoms with Gasteiger partial charge in [-0.05, 0) is 42.5 Å². The normalized spacial score (nSPS) is 12.0. The Hall–Kier alpha value is -2.46. The largest absolute Gasteiger partial charge is 0.402 e. The van der Waals surface area contributed by atoms with Crippen LogP contribution in [0.2, 0.25) is 0 Å². The Morgan fingerprint density at radius 3 is 2.28 bits per heavy atom. The third-order valence-electron chi connectivity index (χ3n) is 2.97. The van der Waals surface area contributed by atoms with Crippen LogP contribution < -0.4 is 10.0 Å². The summed E-state index contributed by atoms with van der Waals surface area (Å²) in [5, 5.41) is 2.42. The number of sulfonamides is 1. The lowest BCUT2D eigenvalue weighted by molar-refractivity contribution is -0.121. The molecule has 0 spiro atoms. The highest BCUT2D eigenvalue weighted by atomic mass is 32.2. The van der Waals surface area contributed by atoms with Crippen molar-refractivity contribution >= 4 is 21.6 Å². The van der Waals surface area contributed by atoms with Crippen molar-refractivity contribution in [1.29, 1.82) is 0 Å². The Morgan fingerprint density at radius 2 is 1.68 bits per heavy atom. The zero-order valence-electron chi connectivity index (χ0n) is 12.5. The van der Waals surface area contributed by atoms with Crippen LogP contribution in [-0.2, 0) is 10.0 Å². The molecule has 25 heavy (non-hydrogen) atoms. The van der Waals surface area contributed by atoms with Gasteiger partial charge in [-0.3, -0.25) is 4.79 Å². The van der Waals surface area contributed by atoms with Crippen LogP contribution in [0.5, 0.6) is 0 Å². The fraction of sp³-hybridized carbons (Fsp3) is 0.133. The minimum absolute atomic E-state index is 0.0841. The van der Waals surface area contributed by atoms with Gasteiger partial charge in [-0.25, -0.2) is 17.5 Å². The molecule has 2 N–H and O–H groups in total. The van der Waals surface area contributed by atoms with Crippen molar-refractivity contribution in [3.8, 4) is 0 Å². The molecule has 0 bridgehead atoms. The molecule has 0 saturated carbocycles. The number of rotatable bonds is 5. The van der Waals surface area contributed by atoms with Crippen LogP contribution in [0.1, 0.15) is 10.4 Å². The Morgan fingerprint density at radius 1 is 1.04 bits per heavy atom. The Kier molecular flexibility index (Phi) is 5.43. The number of carbonyl (C=O) groups excluding carboxylic acids is 1. The van der Waals surface area contributed by atoms with E-state index in [4.69, 9.17) is 0 Å². The van der Waals surface area contributed by atoms with E-state index in [1.54, 1.807) is 0 Å². The fourth-order valence-corrected chi connectivity index (χ4v) is 2.86. The van der Waals surface area contributed by atoms with Gasteiger partial charge in [-0.15, -0.1) is 0 Å². The first-order valence-electron chi connectivity index (χ1n) is 6.80. The molecule has 0 aliphatic rings. The molecule has 2 rings (SSSR count). The van der Waals surface area contributed by atoms with Crippen molar-refractivity contribution in [2.75, 3.05) is 11.9 Å². The predicted octanol–water partition coefficient (Wildman–Crippen LogP) is 2.92. The van der Waals surface area contributed by atoms with Gasteiger partial charge in [0.05, 0.1) is 4.90 Å². The maximum Gasteiger partial charge on any atom is 0.402 e. The molecule has 2 aromatic rings. The van der Waals surface area contributed by atoms with E-state index >= 15 is 0 Å². The molecule has 0 aromatic heterocycles. The predicted molar refractivity (Wildman–Crippen MR) is 82.0 cm³/mol. The summed E-state index contributed by atoms with van der Waals surface area (Å²) in [6, 6.07) is 9.38. The number of alkyl halides is 3. The third kappa shape index (κ3) is 5.54. The van der Waals surface area contributed by atoms with E-state index in [1.165, 1.54) is 29.0 Å². The standard InChI is InChI=1S/C15H12F4N2O3S/c16-11-4-6-12(7-5-11)21-14(22)10-2-1-3-13(8-10)25(23,24)20-9-15(17,18)19/h1-8,20H,9H2,(H,21,22). The number of hydrogen-bond donors (Lipinski definition) is 2. The third-order valence-corrected chi connectivity index (χ3v) is 4.37. The molecule has 0 radical (unpaired) electrons. The Bertz CT molecular complexity index is 865. The number of benzene rings is 2. The second-order valence-electron chi connectivity index (χ2n) is 4.93. The second-order valence-corrected chi connectivity index (χ2v) is 6.70. The first kappa shape index (κ1) is 18.9. The number of carbonyl (C=O) groups is 1. The van der Waals surface area contributed by atoms with Gasteiger partial charge in [0.1, 0.15) is 12.4 Å². The number of nitrogens with one attached hydrogen (secondary N) is 2. The van der Waals surface area contributed by atoms with Crippen LogP contribution in [0.4, 0.5) is 23.2 Å². The van der Waals surface area contributed by atoms with E-state index in [-0.39, 0.29) is 11.3 Å². The van der Waals surface area contributed by atoms with E-state index in [1.807, 2.05) is 0 Å². The highest BCUT2D eigenvalue weighted by molar-refractivity contribution is 7.89. The topological polar surface area (TPSA) is 75.3 Å². The quantitative estimate of drug-likeness (QED) is 0.788. The molecular weight excluding hydrogens is 364 g/mol. The van der Waals surface area contributed by atoms with Gasteiger partial charge in [0, 0.05) is 11.3 Å². The van der Waals surface area contributed by atoms with Gasteiger partial charge in [-0.1, -0.05) is 6.07 Å². The number of hydrogen-bond acceptors (Lipinski definition) is 3. The van der Waals surface area contributed by atoms with Crippen molar-refractivity contribution in [2.45, 2.75) is 11.1 Å². The van der Waals surface area contributed by atoms with E-state index < -0.39 is 39.4 Å². The van der Waals surface area contributed by atoms with Gasteiger partial charge in [0.2, 0.25) is 10.0 Å². The van der Waals surface area contributed by atoms with Crippen molar-refractivity contribution in [1.82, 2.24) is 4.72 Å². The zero-order chi connectivity index (χ0) is 18.7. The zero-order valence-corrected chi connectivity index (χ0v) is 13.3. The summed E-state index contributed by atoms with van der Waals surface area (Å²) >= 11 is 0. The molecule has 0 aliphatic carbocycles. The molecule has 0 aliphatic heterocycles. The minimum atomic E-state index is -4.70. The van der Waals surface area contributed by atoms with Crippen LogP contribution in [0.15, 0.2) is 53.4 Å². The van der Waals surface area contributed by atoms with Crippen molar-refractivity contribution < 1.29 is 30.8 Å². The summed E-state index contributed by atoms with van der Waals surface area (Å²) in [4.78, 5) is 11.6. The highest BCUT2D eigenvalue weighted by Crippen LogP contribution is 2.17. The molecular formula is C15H12F4N2O3S. The minimum Gasteiger partial charge on any atom is -0.322 e. The lowest BCUT2D eigenvalue weighted by atomic mass is 10.2. The van der Waals surface area contributed by atoms with Gasteiger partial charge < -0.3 is 5.32 Å². The fourth-order valence-electron chi connectivity index (χ4n) is 1.80. The average Bonchev–Trinajstić information content (AvgIpc) is 2.55. The van der Waals surface area contributed by atoms with Crippen LogP contribution in [-0.4, -0.2) is 27.0 Å². The molecule has 134 valence electrons. The lowest BCUT2D eigenvalue weighted by Gasteiger charge is -2.10. The monoisotopic (exact) mass is 376 g/mol. The van der Waals surface area contributed by atoms with Crippen LogP contribution in [0.25, 0.3) is 0 Å². The van der Waals surface area contributed by atoms with E-state index in [0.29, 0.717) is 0 Å². The summed E-state index contributed by atoms with van der Waals surface area (Å²) in [6.45, 7) is -1.72. The molecule has 0 atom stereocenters. The molecule has 0 saturated heterocycles. The molecule has 2 aromatic carbocycles. The second kappa shape index (κ2) is 7.19. The van der Waals surface area contributed by atoms with Gasteiger partial charge in [-0.2, -0.15) is 13.2 Å². The van der Waals surface area contributed by atoms with E-state index in [0.717, 1.165) is 24.3 Å². The van der Waals surface area contributed by atoms with Crippen molar-refractivity contribution in [3.63, 3.8) is 0 Å². The van der Waals surface area contributed by atoms with Crippen LogP contribution in [0.3, 0.4) is 0 Å². The summed E-state index contributed by atoms with van der Waals surface area (Å²) in [5.74, 6) is -1.19. The summed E-state index contributed by atoms with van der Waals surface area (Å²) < 4.78 is 74.4. The van der Waals surface area contributed by atoms with Crippen LogP contribution in [0, 0.1) is 5.82 Å². The highest BCUT2D eigenvalue weighted by Gasteiger charge is 2.30. The van der Waals surface area contributed by atoms with Crippen LogP contribution >= 0.6 is 0 Å². The summed E-state index contributed by atoms with van der Waals surface area (Å²) in [7, 11) is -4.43. The maximum atomic E-state index is 12.8. The Labute approximate surface area is 140 Å². The van der Waals surface area contributed by atoms with Gasteiger partial charge >= 0.3 is 6.18 Å². The first-order valence-corrected chi connectivity index (χ1v) is 8.28. The number of halogens is 4. The summed E-state index contributed by atoms with van der Waals surface area (Å²) in [5.41, 5.74) is 0.189. The Balaban J connectivity index is 2.17. The molecule has 0 heterocycles. The van der Waals surface area contributed by atoms with E-state index in [9.17, 15) is 30.8 Å². The smallest absolute Gasteiger partial charge is 0.322 e. The summed E-state index contributed by atoms with van der Waals surface area (Å²) in [6.07, 6.45) is -4.70. The SMILES string of the molecule is O=C(Nc1ccc(F)cc1)c1cccc(S(=O)(=O)NCC(F)(F)F)c1. The van der Waals surface area contributed by atoms with Gasteiger partial charge in [0.15, 0.2) is 0 Å². The maximum absolute atomic E-state index is 12.8. The lowest BCUT2D eigenvalue weighted by Crippen LogP contribution is -2.33. The first-order chi connectivity index (χ1) is 11.6. The molecule has 1 amide bonds. The molecule has 5 nitrogen and oxygen atoms in total. The molecule has 10 heteroatoms. The van der Waals surface area contributed by atoms with E-state index in [2.05, 4.69) is 5.32 Å². The van der Waals surface area contributed by atoms with Crippen molar-refractivity contribution in [3.05, 3.63) is 59.9 Å². The average molecular weight is 376 g/mol. The number of amides is 1. The van der Waals surface area contributed by atoms with Crippen molar-refractivity contribution in [2.24, 2.45) is 0 Å². The van der Waals surface area contributed by atoms with Gasteiger partial charge in [0.25, 0.3) is 5.91 Å². The molecule has 0 fully saturated rings.